The lowest BCUT2D eigenvalue weighted by molar-refractivity contribution is -0.115. The largest absolute Gasteiger partial charge is 0.347 e. The molecule has 0 bridgehead atoms. The maximum atomic E-state index is 12.5. The summed E-state index contributed by atoms with van der Waals surface area (Å²) in [7, 11) is 0. The van der Waals surface area contributed by atoms with Gasteiger partial charge in [0.2, 0.25) is 5.91 Å². The Balaban J connectivity index is 2.16. The Hall–Kier alpha value is -2.62. The number of carbonyl (C=O) groups excluding carboxylic acids is 2. The third-order valence-corrected chi connectivity index (χ3v) is 3.79. The Bertz CT molecular complexity index is 789. The molecule has 2 amide bonds. The predicted molar refractivity (Wildman–Crippen MR) is 102 cm³/mol. The average molecular weight is 338 g/mol. The van der Waals surface area contributed by atoms with Gasteiger partial charge in [0.1, 0.15) is 0 Å². The van der Waals surface area contributed by atoms with Crippen LogP contribution in [0.15, 0.2) is 42.5 Å². The monoisotopic (exact) mass is 338 g/mol. The van der Waals surface area contributed by atoms with Gasteiger partial charge in [0.25, 0.3) is 5.91 Å². The van der Waals surface area contributed by atoms with Crippen molar-refractivity contribution in [2.75, 3.05) is 5.32 Å². The van der Waals surface area contributed by atoms with E-state index < -0.39 is 0 Å². The van der Waals surface area contributed by atoms with E-state index in [4.69, 9.17) is 0 Å². The van der Waals surface area contributed by atoms with E-state index in [2.05, 4.69) is 10.6 Å². The number of nitrogens with one attached hydrogen (secondary N) is 2. The molecule has 0 aliphatic carbocycles. The summed E-state index contributed by atoms with van der Waals surface area (Å²) in [5.74, 6) is -0.333. The van der Waals surface area contributed by atoms with E-state index in [1.165, 1.54) is 0 Å². The summed E-state index contributed by atoms with van der Waals surface area (Å²) in [6.45, 7) is 9.77. The molecule has 2 N–H and O–H groups in total. The lowest BCUT2D eigenvalue weighted by Crippen LogP contribution is -2.40. The van der Waals surface area contributed by atoms with Crippen LogP contribution in [0.4, 0.5) is 5.69 Å². The van der Waals surface area contributed by atoms with Gasteiger partial charge in [-0.3, -0.25) is 9.59 Å². The minimum Gasteiger partial charge on any atom is -0.347 e. The number of rotatable bonds is 4. The zero-order valence-electron chi connectivity index (χ0n) is 15.6. The molecule has 0 saturated carbocycles. The van der Waals surface area contributed by atoms with Gasteiger partial charge >= 0.3 is 0 Å². The first kappa shape index (κ1) is 18.7. The molecule has 132 valence electrons. The van der Waals surface area contributed by atoms with Crippen LogP contribution in [-0.4, -0.2) is 17.4 Å². The minimum atomic E-state index is -0.340. The van der Waals surface area contributed by atoms with Crippen molar-refractivity contribution >= 4 is 17.5 Å². The number of hydrogen-bond donors (Lipinski definition) is 2. The maximum absolute atomic E-state index is 12.5. The fourth-order valence-electron chi connectivity index (χ4n) is 2.56. The van der Waals surface area contributed by atoms with Crippen LogP contribution in [0.1, 0.15) is 47.8 Å². The second-order valence-electron chi connectivity index (χ2n) is 7.40. The van der Waals surface area contributed by atoms with E-state index in [1.807, 2.05) is 52.8 Å². The number of anilines is 1. The van der Waals surface area contributed by atoms with Crippen molar-refractivity contribution in [1.29, 1.82) is 0 Å². The standard InChI is InChI=1S/C21H26N2O2/c1-14-10-11-15(2)16(12-14)13-19(24)22-18-9-7-6-8-17(18)20(25)23-21(3,4)5/h6-12H,13H2,1-5H3,(H,22,24)(H,23,25). The number of amides is 2. The molecule has 25 heavy (non-hydrogen) atoms. The van der Waals surface area contributed by atoms with E-state index in [0.29, 0.717) is 11.3 Å². The first-order valence-corrected chi connectivity index (χ1v) is 8.43. The lowest BCUT2D eigenvalue weighted by atomic mass is 10.0. The summed E-state index contributed by atoms with van der Waals surface area (Å²) in [6.07, 6.45) is 0.280. The van der Waals surface area contributed by atoms with Gasteiger partial charge in [-0.2, -0.15) is 0 Å². The average Bonchev–Trinajstić information content (AvgIpc) is 2.49. The fraction of sp³-hybridized carbons (Fsp3) is 0.333. The molecule has 0 spiro atoms. The van der Waals surface area contributed by atoms with Crippen molar-refractivity contribution < 1.29 is 9.59 Å². The van der Waals surface area contributed by atoms with Crippen LogP contribution in [0.25, 0.3) is 0 Å². The molecular formula is C21H26N2O2. The SMILES string of the molecule is Cc1ccc(C)c(CC(=O)Nc2ccccc2C(=O)NC(C)(C)C)c1. The predicted octanol–water partition coefficient (Wildman–Crippen LogP) is 4.01. The number of para-hydroxylation sites is 1. The van der Waals surface area contributed by atoms with Crippen LogP contribution < -0.4 is 10.6 Å². The quantitative estimate of drug-likeness (QED) is 0.885. The summed E-state index contributed by atoms with van der Waals surface area (Å²) in [6, 6.07) is 13.1. The highest BCUT2D eigenvalue weighted by Crippen LogP contribution is 2.18. The second-order valence-corrected chi connectivity index (χ2v) is 7.40. The molecule has 0 aromatic heterocycles. The summed E-state index contributed by atoms with van der Waals surface area (Å²) in [4.78, 5) is 24.9. The molecular weight excluding hydrogens is 312 g/mol. The van der Waals surface area contributed by atoms with Crippen molar-refractivity contribution in [2.24, 2.45) is 0 Å². The van der Waals surface area contributed by atoms with E-state index in [1.54, 1.807) is 24.3 Å². The number of benzene rings is 2. The highest BCUT2D eigenvalue weighted by atomic mass is 16.2. The van der Waals surface area contributed by atoms with Gasteiger partial charge in [-0.1, -0.05) is 35.9 Å². The van der Waals surface area contributed by atoms with E-state index >= 15 is 0 Å². The van der Waals surface area contributed by atoms with E-state index in [-0.39, 0.29) is 23.8 Å². The van der Waals surface area contributed by atoms with Gasteiger partial charge in [0.15, 0.2) is 0 Å². The molecule has 4 nitrogen and oxygen atoms in total. The molecule has 0 radical (unpaired) electrons. The third kappa shape index (κ3) is 5.45. The number of hydrogen-bond acceptors (Lipinski definition) is 2. The summed E-state index contributed by atoms with van der Waals surface area (Å²) in [5, 5.41) is 5.80. The van der Waals surface area contributed by atoms with Crippen molar-refractivity contribution in [1.82, 2.24) is 5.32 Å². The smallest absolute Gasteiger partial charge is 0.253 e. The Morgan fingerprint density at radius 2 is 1.68 bits per heavy atom. The fourth-order valence-corrected chi connectivity index (χ4v) is 2.56. The molecule has 0 aliphatic heterocycles. The molecule has 2 aromatic carbocycles. The molecule has 0 heterocycles. The van der Waals surface area contributed by atoms with Crippen LogP contribution in [0.5, 0.6) is 0 Å². The van der Waals surface area contributed by atoms with Crippen LogP contribution in [0.2, 0.25) is 0 Å². The van der Waals surface area contributed by atoms with Crippen LogP contribution in [0, 0.1) is 13.8 Å². The molecule has 2 rings (SSSR count). The van der Waals surface area contributed by atoms with Gasteiger partial charge in [-0.25, -0.2) is 0 Å². The third-order valence-electron chi connectivity index (χ3n) is 3.79. The molecule has 0 aliphatic rings. The zero-order chi connectivity index (χ0) is 18.6. The topological polar surface area (TPSA) is 58.2 Å². The van der Waals surface area contributed by atoms with Crippen LogP contribution in [-0.2, 0) is 11.2 Å². The van der Waals surface area contributed by atoms with Crippen molar-refractivity contribution in [3.8, 4) is 0 Å². The van der Waals surface area contributed by atoms with Gasteiger partial charge < -0.3 is 10.6 Å². The van der Waals surface area contributed by atoms with E-state index in [0.717, 1.165) is 16.7 Å². The zero-order valence-corrected chi connectivity index (χ0v) is 15.6. The normalized spacial score (nSPS) is 11.1. The van der Waals surface area contributed by atoms with Gasteiger partial charge in [-0.15, -0.1) is 0 Å². The van der Waals surface area contributed by atoms with Crippen LogP contribution >= 0.6 is 0 Å². The summed E-state index contributed by atoms with van der Waals surface area (Å²) in [5.41, 5.74) is 3.85. The first-order chi connectivity index (χ1) is 11.7. The Kier molecular flexibility index (Phi) is 5.62. The van der Waals surface area contributed by atoms with Crippen molar-refractivity contribution in [3.05, 3.63) is 64.7 Å². The molecule has 0 fully saturated rings. The van der Waals surface area contributed by atoms with Crippen molar-refractivity contribution in [2.45, 2.75) is 46.6 Å². The molecule has 4 heteroatoms. The number of aryl methyl sites for hydroxylation is 2. The van der Waals surface area contributed by atoms with Gasteiger partial charge in [0, 0.05) is 5.54 Å². The van der Waals surface area contributed by atoms with Gasteiger partial charge in [0.05, 0.1) is 17.7 Å². The van der Waals surface area contributed by atoms with Gasteiger partial charge in [-0.05, 0) is 57.9 Å². The maximum Gasteiger partial charge on any atom is 0.253 e. The van der Waals surface area contributed by atoms with Crippen LogP contribution in [0.3, 0.4) is 0 Å². The second kappa shape index (κ2) is 7.51. The molecule has 0 unspecified atom stereocenters. The Morgan fingerprint density at radius 1 is 1.00 bits per heavy atom. The van der Waals surface area contributed by atoms with Crippen molar-refractivity contribution in [3.63, 3.8) is 0 Å². The number of carbonyl (C=O) groups is 2. The molecule has 0 saturated heterocycles. The summed E-state index contributed by atoms with van der Waals surface area (Å²) < 4.78 is 0. The van der Waals surface area contributed by atoms with E-state index in [9.17, 15) is 9.59 Å². The summed E-state index contributed by atoms with van der Waals surface area (Å²) >= 11 is 0. The minimum absolute atomic E-state index is 0.135. The Labute approximate surface area is 149 Å². The highest BCUT2D eigenvalue weighted by Gasteiger charge is 2.18. The lowest BCUT2D eigenvalue weighted by Gasteiger charge is -2.21. The first-order valence-electron chi connectivity index (χ1n) is 8.43. The highest BCUT2D eigenvalue weighted by molar-refractivity contribution is 6.04. The molecule has 0 atom stereocenters. The molecule has 2 aromatic rings. The Morgan fingerprint density at radius 3 is 2.36 bits per heavy atom.